The number of aromatic nitrogens is 3. The molecule has 2 aromatic heterocycles. The van der Waals surface area contributed by atoms with E-state index in [1.807, 2.05) is 11.8 Å². The molecule has 1 atom stereocenters. The number of halogens is 3. The number of ether oxygens (including phenoxy) is 2. The summed E-state index contributed by atoms with van der Waals surface area (Å²) in [6.07, 6.45) is -3.48. The third-order valence-corrected chi connectivity index (χ3v) is 5.44. The fourth-order valence-electron chi connectivity index (χ4n) is 3.62. The number of hydrazone groups is 1. The van der Waals surface area contributed by atoms with E-state index in [-0.39, 0.29) is 18.2 Å². The van der Waals surface area contributed by atoms with Crippen LogP contribution in [0.25, 0.3) is 10.8 Å². The lowest BCUT2D eigenvalue weighted by Gasteiger charge is -2.23. The van der Waals surface area contributed by atoms with Crippen LogP contribution in [0.2, 0.25) is 0 Å². The molecule has 1 aromatic carbocycles. The summed E-state index contributed by atoms with van der Waals surface area (Å²) in [5.41, 5.74) is 1.11. The molecule has 4 rings (SSSR count). The van der Waals surface area contributed by atoms with Gasteiger partial charge in [-0.1, -0.05) is 0 Å². The summed E-state index contributed by atoms with van der Waals surface area (Å²) in [4.78, 5) is 6.11. The number of likely N-dealkylation sites (N-methyl/N-ethyl adjacent to an activating group) is 1. The SMILES string of the molecule is CCN1CN(c2cc(OC(C)C(F)(F)F)c3c(Oc4cn(C)nc4C)nccc3c2)N=C1CO. The van der Waals surface area contributed by atoms with Crippen molar-refractivity contribution in [1.29, 1.82) is 0 Å². The number of fused-ring (bicyclic) bond motifs is 1. The van der Waals surface area contributed by atoms with E-state index in [9.17, 15) is 18.3 Å². The zero-order valence-corrected chi connectivity index (χ0v) is 19.2. The van der Waals surface area contributed by atoms with Crippen LogP contribution in [0.5, 0.6) is 17.4 Å². The number of pyridine rings is 1. The Bertz CT molecular complexity index is 1230. The second-order valence-electron chi connectivity index (χ2n) is 7.89. The molecule has 12 heteroatoms. The Kier molecular flexibility index (Phi) is 6.26. The maximum Gasteiger partial charge on any atom is 0.425 e. The fourth-order valence-corrected chi connectivity index (χ4v) is 3.62. The molecule has 0 saturated carbocycles. The molecule has 3 heterocycles. The normalized spacial score (nSPS) is 15.1. The van der Waals surface area contributed by atoms with Gasteiger partial charge in [-0.05, 0) is 38.3 Å². The highest BCUT2D eigenvalue weighted by Gasteiger charge is 2.38. The van der Waals surface area contributed by atoms with E-state index in [0.29, 0.717) is 47.0 Å². The number of alkyl halides is 3. The van der Waals surface area contributed by atoms with E-state index >= 15 is 0 Å². The van der Waals surface area contributed by atoms with Gasteiger partial charge in [0.25, 0.3) is 0 Å². The summed E-state index contributed by atoms with van der Waals surface area (Å²) >= 11 is 0. The van der Waals surface area contributed by atoms with Crippen molar-refractivity contribution in [1.82, 2.24) is 19.7 Å². The van der Waals surface area contributed by atoms with Gasteiger partial charge in [-0.25, -0.2) is 9.99 Å². The van der Waals surface area contributed by atoms with E-state index in [0.717, 1.165) is 6.92 Å². The molecule has 0 radical (unpaired) electrons. The van der Waals surface area contributed by atoms with Crippen LogP contribution in [-0.2, 0) is 7.05 Å². The molecule has 1 N–H and O–H groups in total. The predicted octanol–water partition coefficient (Wildman–Crippen LogP) is 3.80. The molecule has 34 heavy (non-hydrogen) atoms. The summed E-state index contributed by atoms with van der Waals surface area (Å²) in [7, 11) is 1.74. The van der Waals surface area contributed by atoms with Crippen LogP contribution in [0.1, 0.15) is 19.5 Å². The van der Waals surface area contributed by atoms with Crippen LogP contribution in [-0.4, -0.2) is 62.7 Å². The standard InChI is InChI=1S/C22H25F3N6O3/c1-5-30-12-31(28-19(30)11-32)16-8-15-6-7-26-21(34-18-10-29(4)27-13(18)2)20(15)17(9-16)33-14(3)22(23,24)25/h6-10,14,32H,5,11-12H2,1-4H3. The second kappa shape index (κ2) is 9.01. The van der Waals surface area contributed by atoms with Crippen molar-refractivity contribution in [3.8, 4) is 17.4 Å². The number of aryl methyl sites for hydroxylation is 2. The highest BCUT2D eigenvalue weighted by molar-refractivity contribution is 5.96. The first-order chi connectivity index (χ1) is 16.1. The van der Waals surface area contributed by atoms with E-state index in [2.05, 4.69) is 15.2 Å². The van der Waals surface area contributed by atoms with Gasteiger partial charge in [0.15, 0.2) is 17.7 Å². The van der Waals surface area contributed by atoms with E-state index in [4.69, 9.17) is 9.47 Å². The monoisotopic (exact) mass is 478 g/mol. The molecule has 9 nitrogen and oxygen atoms in total. The second-order valence-corrected chi connectivity index (χ2v) is 7.89. The minimum Gasteiger partial charge on any atom is -0.480 e. The van der Waals surface area contributed by atoms with E-state index < -0.39 is 12.3 Å². The summed E-state index contributed by atoms with van der Waals surface area (Å²) in [6, 6.07) is 4.91. The first-order valence-corrected chi connectivity index (χ1v) is 10.7. The van der Waals surface area contributed by atoms with Crippen LogP contribution in [0, 0.1) is 6.92 Å². The minimum absolute atomic E-state index is 0.0438. The van der Waals surface area contributed by atoms with Gasteiger partial charge >= 0.3 is 6.18 Å². The quantitative estimate of drug-likeness (QED) is 0.553. The maximum atomic E-state index is 13.4. The van der Waals surface area contributed by atoms with Crippen molar-refractivity contribution < 1.29 is 27.8 Å². The Morgan fingerprint density at radius 2 is 2.00 bits per heavy atom. The number of anilines is 1. The molecular formula is C22H25F3N6O3. The Balaban J connectivity index is 1.83. The van der Waals surface area contributed by atoms with E-state index in [1.165, 1.54) is 12.3 Å². The van der Waals surface area contributed by atoms with Crippen LogP contribution in [0.3, 0.4) is 0 Å². The zero-order chi connectivity index (χ0) is 24.6. The van der Waals surface area contributed by atoms with Crippen LogP contribution in [0.15, 0.2) is 35.7 Å². The first kappa shape index (κ1) is 23.6. The molecule has 0 amide bonds. The molecule has 0 fully saturated rings. The van der Waals surface area contributed by atoms with Crippen LogP contribution < -0.4 is 14.5 Å². The number of hydrogen-bond donors (Lipinski definition) is 1. The zero-order valence-electron chi connectivity index (χ0n) is 19.2. The molecule has 0 spiro atoms. The number of benzene rings is 1. The number of aliphatic hydroxyl groups excluding tert-OH is 1. The highest BCUT2D eigenvalue weighted by atomic mass is 19.4. The molecule has 182 valence electrons. The summed E-state index contributed by atoms with van der Waals surface area (Å²) < 4.78 is 53.1. The van der Waals surface area contributed by atoms with Gasteiger partial charge in [0.2, 0.25) is 5.88 Å². The lowest BCUT2D eigenvalue weighted by Crippen LogP contribution is -2.32. The van der Waals surface area contributed by atoms with E-state index in [1.54, 1.807) is 42.0 Å². The summed E-state index contributed by atoms with van der Waals surface area (Å²) in [5, 5.41) is 20.7. The molecular weight excluding hydrogens is 453 g/mol. The number of amidine groups is 1. The molecule has 1 unspecified atom stereocenters. The maximum absolute atomic E-state index is 13.4. The van der Waals surface area contributed by atoms with Crippen molar-refractivity contribution in [3.63, 3.8) is 0 Å². The summed E-state index contributed by atoms with van der Waals surface area (Å²) in [5.74, 6) is 0.953. The predicted molar refractivity (Wildman–Crippen MR) is 120 cm³/mol. The molecule has 3 aromatic rings. The van der Waals surface area contributed by atoms with Crippen molar-refractivity contribution >= 4 is 22.3 Å². The molecule has 1 aliphatic rings. The Morgan fingerprint density at radius 3 is 2.59 bits per heavy atom. The fraction of sp³-hybridized carbons (Fsp3) is 0.409. The lowest BCUT2D eigenvalue weighted by atomic mass is 10.1. The number of aliphatic hydroxyl groups is 1. The van der Waals surface area contributed by atoms with Gasteiger partial charge in [-0.15, -0.1) is 0 Å². The largest absolute Gasteiger partial charge is 0.480 e. The number of nitrogens with zero attached hydrogens (tertiary/aromatic N) is 6. The number of rotatable bonds is 7. The smallest absolute Gasteiger partial charge is 0.425 e. The van der Waals surface area contributed by atoms with Crippen molar-refractivity contribution in [2.24, 2.45) is 12.1 Å². The third-order valence-electron chi connectivity index (χ3n) is 5.44. The third kappa shape index (κ3) is 4.58. The van der Waals surface area contributed by atoms with Gasteiger partial charge in [-0.3, -0.25) is 4.68 Å². The van der Waals surface area contributed by atoms with Crippen molar-refractivity contribution in [2.75, 3.05) is 24.8 Å². The Morgan fingerprint density at radius 1 is 1.24 bits per heavy atom. The highest BCUT2D eigenvalue weighted by Crippen LogP contribution is 2.40. The first-order valence-electron chi connectivity index (χ1n) is 10.7. The Labute approximate surface area is 194 Å². The molecule has 0 saturated heterocycles. The molecule has 0 bridgehead atoms. The topological polar surface area (TPSA) is 88.2 Å². The van der Waals surface area contributed by atoms with Gasteiger partial charge in [0.05, 0.1) is 17.3 Å². The van der Waals surface area contributed by atoms with Crippen molar-refractivity contribution in [2.45, 2.75) is 33.1 Å². The molecule has 0 aliphatic carbocycles. The lowest BCUT2D eigenvalue weighted by molar-refractivity contribution is -0.189. The summed E-state index contributed by atoms with van der Waals surface area (Å²) in [6.45, 7) is 5.32. The number of hydrogen-bond acceptors (Lipinski definition) is 8. The minimum atomic E-state index is -4.57. The Hall–Kier alpha value is -3.54. The average Bonchev–Trinajstić information content (AvgIpc) is 3.34. The van der Waals surface area contributed by atoms with Crippen molar-refractivity contribution in [3.05, 3.63) is 36.3 Å². The van der Waals surface area contributed by atoms with Gasteiger partial charge < -0.3 is 19.5 Å². The van der Waals surface area contributed by atoms with Gasteiger partial charge in [0, 0.05) is 25.9 Å². The average molecular weight is 478 g/mol. The van der Waals surface area contributed by atoms with Gasteiger partial charge in [-0.2, -0.15) is 23.4 Å². The van der Waals surface area contributed by atoms with Crippen LogP contribution in [0.4, 0.5) is 18.9 Å². The van der Waals surface area contributed by atoms with Gasteiger partial charge in [0.1, 0.15) is 24.7 Å². The molecule has 1 aliphatic heterocycles. The van der Waals surface area contributed by atoms with Crippen LogP contribution >= 0.6 is 0 Å².